The summed E-state index contributed by atoms with van der Waals surface area (Å²) in [5.74, 6) is 1.33. The van der Waals surface area contributed by atoms with E-state index in [1.165, 1.54) is 10.7 Å². The highest BCUT2D eigenvalue weighted by Gasteiger charge is 2.08. The lowest BCUT2D eigenvalue weighted by Gasteiger charge is -2.21. The van der Waals surface area contributed by atoms with Gasteiger partial charge in [-0.3, -0.25) is 0 Å². The molecule has 2 heterocycles. The molecule has 17 heavy (non-hydrogen) atoms. The van der Waals surface area contributed by atoms with Crippen molar-refractivity contribution in [3.63, 3.8) is 0 Å². The van der Waals surface area contributed by atoms with E-state index in [0.717, 1.165) is 25.3 Å². The third-order valence-corrected chi connectivity index (χ3v) is 2.64. The van der Waals surface area contributed by atoms with Crippen molar-refractivity contribution < 1.29 is 0 Å². The number of anilines is 1. The first-order chi connectivity index (χ1) is 8.26. The standard InChI is InChI=1S/C10H14ClN5O/c1-2-4-15(5-3-11)8-6-9-13-14-10(17)16(9)7-12-8/h6-7H,2-5H2,1H3,(H,14,17). The maximum Gasteiger partial charge on any atom is 0.348 e. The van der Waals surface area contributed by atoms with Crippen molar-refractivity contribution in [2.24, 2.45) is 0 Å². The molecule has 2 aromatic heterocycles. The number of aromatic nitrogens is 4. The molecule has 0 atom stereocenters. The van der Waals surface area contributed by atoms with Gasteiger partial charge < -0.3 is 4.90 Å². The number of hydrogen-bond acceptors (Lipinski definition) is 4. The van der Waals surface area contributed by atoms with E-state index in [0.29, 0.717) is 11.5 Å². The van der Waals surface area contributed by atoms with E-state index in [9.17, 15) is 4.79 Å². The molecular formula is C10H14ClN5O. The zero-order chi connectivity index (χ0) is 12.3. The van der Waals surface area contributed by atoms with Crippen LogP contribution >= 0.6 is 11.6 Å². The van der Waals surface area contributed by atoms with Gasteiger partial charge in [0.25, 0.3) is 0 Å². The molecule has 92 valence electrons. The third-order valence-electron chi connectivity index (χ3n) is 2.47. The number of hydrogen-bond donors (Lipinski definition) is 1. The number of nitrogens with zero attached hydrogens (tertiary/aromatic N) is 4. The van der Waals surface area contributed by atoms with Crippen molar-refractivity contribution in [3.8, 4) is 0 Å². The van der Waals surface area contributed by atoms with Gasteiger partial charge in [0.1, 0.15) is 12.1 Å². The Balaban J connectivity index is 2.36. The molecule has 7 heteroatoms. The van der Waals surface area contributed by atoms with Gasteiger partial charge in [0.15, 0.2) is 5.65 Å². The van der Waals surface area contributed by atoms with Crippen molar-refractivity contribution in [2.75, 3.05) is 23.9 Å². The second-order valence-corrected chi connectivity index (χ2v) is 4.06. The van der Waals surface area contributed by atoms with Crippen molar-refractivity contribution >= 4 is 23.1 Å². The Labute approximate surface area is 103 Å². The molecule has 0 aliphatic heterocycles. The number of H-pyrrole nitrogens is 1. The second-order valence-electron chi connectivity index (χ2n) is 3.68. The molecule has 2 aromatic rings. The first-order valence-corrected chi connectivity index (χ1v) is 6.03. The van der Waals surface area contributed by atoms with Crippen molar-refractivity contribution in [1.29, 1.82) is 0 Å². The fraction of sp³-hybridized carbons (Fsp3) is 0.500. The summed E-state index contributed by atoms with van der Waals surface area (Å²) in [4.78, 5) is 17.6. The Hall–Kier alpha value is -1.56. The lowest BCUT2D eigenvalue weighted by atomic mass is 10.4. The predicted molar refractivity (Wildman–Crippen MR) is 66.8 cm³/mol. The van der Waals surface area contributed by atoms with Gasteiger partial charge >= 0.3 is 5.69 Å². The monoisotopic (exact) mass is 255 g/mol. The van der Waals surface area contributed by atoms with E-state index in [1.54, 1.807) is 6.07 Å². The molecular weight excluding hydrogens is 242 g/mol. The minimum absolute atomic E-state index is 0.279. The van der Waals surface area contributed by atoms with Gasteiger partial charge in [-0.15, -0.1) is 11.6 Å². The van der Waals surface area contributed by atoms with E-state index in [1.807, 2.05) is 0 Å². The van der Waals surface area contributed by atoms with Crippen molar-refractivity contribution in [2.45, 2.75) is 13.3 Å². The maximum absolute atomic E-state index is 11.3. The summed E-state index contributed by atoms with van der Waals surface area (Å²) < 4.78 is 1.37. The normalized spacial score (nSPS) is 10.9. The van der Waals surface area contributed by atoms with Gasteiger partial charge in [0.2, 0.25) is 0 Å². The number of rotatable bonds is 5. The summed E-state index contributed by atoms with van der Waals surface area (Å²) in [5, 5.41) is 6.29. The zero-order valence-corrected chi connectivity index (χ0v) is 10.3. The predicted octanol–water partition coefficient (Wildman–Crippen LogP) is 0.873. The molecule has 0 amide bonds. The summed E-state index contributed by atoms with van der Waals surface area (Å²) >= 11 is 5.76. The summed E-state index contributed by atoms with van der Waals surface area (Å²) in [6.45, 7) is 3.70. The first-order valence-electron chi connectivity index (χ1n) is 5.50. The minimum atomic E-state index is -0.279. The Kier molecular flexibility index (Phi) is 3.63. The molecule has 0 aromatic carbocycles. The average Bonchev–Trinajstić information content (AvgIpc) is 2.70. The first kappa shape index (κ1) is 11.9. The Morgan fingerprint density at radius 1 is 1.53 bits per heavy atom. The fourth-order valence-electron chi connectivity index (χ4n) is 1.69. The highest BCUT2D eigenvalue weighted by molar-refractivity contribution is 6.18. The number of fused-ring (bicyclic) bond motifs is 1. The molecule has 0 saturated heterocycles. The smallest absolute Gasteiger partial charge is 0.348 e. The van der Waals surface area contributed by atoms with E-state index in [4.69, 9.17) is 11.6 Å². The quantitative estimate of drug-likeness (QED) is 0.806. The van der Waals surface area contributed by atoms with Crippen LogP contribution in [0.15, 0.2) is 17.2 Å². The van der Waals surface area contributed by atoms with Gasteiger partial charge in [0, 0.05) is 25.0 Å². The summed E-state index contributed by atoms with van der Waals surface area (Å²) in [7, 11) is 0. The lowest BCUT2D eigenvalue weighted by Crippen LogP contribution is -2.27. The van der Waals surface area contributed by atoms with Crippen LogP contribution in [0.4, 0.5) is 5.82 Å². The van der Waals surface area contributed by atoms with Gasteiger partial charge in [0.05, 0.1) is 0 Å². The van der Waals surface area contributed by atoms with Crippen LogP contribution in [-0.2, 0) is 0 Å². The van der Waals surface area contributed by atoms with Crippen LogP contribution in [0.1, 0.15) is 13.3 Å². The van der Waals surface area contributed by atoms with Crippen LogP contribution in [0.3, 0.4) is 0 Å². The molecule has 0 bridgehead atoms. The fourth-order valence-corrected chi connectivity index (χ4v) is 1.89. The second kappa shape index (κ2) is 5.18. The number of alkyl halides is 1. The van der Waals surface area contributed by atoms with Crippen LogP contribution in [-0.4, -0.2) is 38.6 Å². The Morgan fingerprint density at radius 2 is 2.35 bits per heavy atom. The van der Waals surface area contributed by atoms with Crippen molar-refractivity contribution in [1.82, 2.24) is 19.6 Å². The number of nitrogens with one attached hydrogen (secondary N) is 1. The molecule has 0 aliphatic carbocycles. The Morgan fingerprint density at radius 3 is 3.06 bits per heavy atom. The zero-order valence-electron chi connectivity index (χ0n) is 9.56. The average molecular weight is 256 g/mol. The van der Waals surface area contributed by atoms with Crippen LogP contribution < -0.4 is 10.6 Å². The van der Waals surface area contributed by atoms with E-state index in [-0.39, 0.29) is 5.69 Å². The van der Waals surface area contributed by atoms with Gasteiger partial charge in [-0.2, -0.15) is 5.10 Å². The molecule has 0 radical (unpaired) electrons. The molecule has 0 aliphatic rings. The van der Waals surface area contributed by atoms with E-state index in [2.05, 4.69) is 27.0 Å². The lowest BCUT2D eigenvalue weighted by molar-refractivity contribution is 0.777. The highest BCUT2D eigenvalue weighted by atomic mass is 35.5. The number of aromatic amines is 1. The molecule has 0 saturated carbocycles. The highest BCUT2D eigenvalue weighted by Crippen LogP contribution is 2.11. The van der Waals surface area contributed by atoms with E-state index >= 15 is 0 Å². The molecule has 0 spiro atoms. The van der Waals surface area contributed by atoms with Crippen molar-refractivity contribution in [3.05, 3.63) is 22.9 Å². The SMILES string of the molecule is CCCN(CCCl)c1cc2n[nH]c(=O)n2cn1. The molecule has 0 fully saturated rings. The van der Waals surface area contributed by atoms with Gasteiger partial charge in [-0.1, -0.05) is 6.92 Å². The Bertz CT molecular complexity index is 543. The molecule has 1 N–H and O–H groups in total. The van der Waals surface area contributed by atoms with Crippen LogP contribution in [0.2, 0.25) is 0 Å². The topological polar surface area (TPSA) is 66.3 Å². The number of halogens is 1. The summed E-state index contributed by atoms with van der Waals surface area (Å²) in [5.41, 5.74) is 0.286. The molecule has 2 rings (SSSR count). The summed E-state index contributed by atoms with van der Waals surface area (Å²) in [6, 6.07) is 1.78. The minimum Gasteiger partial charge on any atom is -0.355 e. The van der Waals surface area contributed by atoms with Crippen LogP contribution in [0.5, 0.6) is 0 Å². The van der Waals surface area contributed by atoms with Gasteiger partial charge in [-0.05, 0) is 6.42 Å². The van der Waals surface area contributed by atoms with Crippen LogP contribution in [0, 0.1) is 0 Å². The summed E-state index contributed by atoms with van der Waals surface area (Å²) in [6.07, 6.45) is 2.49. The largest absolute Gasteiger partial charge is 0.355 e. The maximum atomic E-state index is 11.3. The van der Waals surface area contributed by atoms with Crippen LogP contribution in [0.25, 0.3) is 5.65 Å². The molecule has 6 nitrogen and oxygen atoms in total. The van der Waals surface area contributed by atoms with Gasteiger partial charge in [-0.25, -0.2) is 19.3 Å². The molecule has 0 unspecified atom stereocenters. The van der Waals surface area contributed by atoms with E-state index < -0.39 is 0 Å². The third kappa shape index (κ3) is 2.41.